The van der Waals surface area contributed by atoms with E-state index in [4.69, 9.17) is 9.47 Å². The van der Waals surface area contributed by atoms with E-state index in [-0.39, 0.29) is 11.5 Å². The predicted octanol–water partition coefficient (Wildman–Crippen LogP) is 4.27. The van der Waals surface area contributed by atoms with Gasteiger partial charge in [-0.25, -0.2) is 4.79 Å². The molecule has 0 unspecified atom stereocenters. The van der Waals surface area contributed by atoms with Crippen molar-refractivity contribution in [1.29, 1.82) is 0 Å². The van der Waals surface area contributed by atoms with Crippen molar-refractivity contribution >= 4 is 56.9 Å². The lowest BCUT2D eigenvalue weighted by molar-refractivity contribution is -0.145. The van der Waals surface area contributed by atoms with Crippen LogP contribution in [0.4, 0.5) is 4.79 Å². The molecule has 2 aromatic carbocycles. The summed E-state index contributed by atoms with van der Waals surface area (Å²) in [5, 5.41) is -0.528. The van der Waals surface area contributed by atoms with Gasteiger partial charge in [0.1, 0.15) is 12.3 Å². The van der Waals surface area contributed by atoms with Crippen LogP contribution in [0.3, 0.4) is 0 Å². The molecule has 0 bridgehead atoms. The first kappa shape index (κ1) is 21.8. The second-order valence-corrected chi connectivity index (χ2v) is 7.95. The standard InChI is InChI=1S/C21H16BrNO6S/c1-2-28-18(24)12-23-19(25)17(30-21(23)27)11-13-3-9-16(10-4-13)29-20(26)14-5-7-15(22)8-6-14/h3-11H,2,12H2,1H3/b17-11-. The molecule has 1 saturated heterocycles. The number of ether oxygens (including phenoxy) is 2. The molecule has 0 aromatic heterocycles. The van der Waals surface area contributed by atoms with Crippen molar-refractivity contribution in [2.24, 2.45) is 0 Å². The minimum atomic E-state index is -0.641. The first-order chi connectivity index (χ1) is 14.4. The molecule has 0 radical (unpaired) electrons. The van der Waals surface area contributed by atoms with Crippen molar-refractivity contribution in [2.75, 3.05) is 13.2 Å². The van der Waals surface area contributed by atoms with Crippen molar-refractivity contribution in [3.05, 3.63) is 69.0 Å². The Morgan fingerprint density at radius 2 is 1.73 bits per heavy atom. The molecule has 0 saturated carbocycles. The molecule has 1 aliphatic rings. The second-order valence-electron chi connectivity index (χ2n) is 6.04. The summed E-state index contributed by atoms with van der Waals surface area (Å²) in [7, 11) is 0. The van der Waals surface area contributed by atoms with Gasteiger partial charge in [-0.1, -0.05) is 28.1 Å². The number of thioether (sulfide) groups is 1. The van der Waals surface area contributed by atoms with E-state index in [9.17, 15) is 19.2 Å². The number of hydrogen-bond acceptors (Lipinski definition) is 7. The molecule has 0 atom stereocenters. The average Bonchev–Trinajstić information content (AvgIpc) is 2.97. The molecule has 3 rings (SSSR count). The number of carbonyl (C=O) groups excluding carboxylic acids is 4. The summed E-state index contributed by atoms with van der Waals surface area (Å²) in [4.78, 5) is 49.2. The number of halogens is 1. The van der Waals surface area contributed by atoms with Gasteiger partial charge in [-0.05, 0) is 66.7 Å². The van der Waals surface area contributed by atoms with Crippen molar-refractivity contribution in [3.63, 3.8) is 0 Å². The number of hydrogen-bond donors (Lipinski definition) is 0. The molecule has 1 heterocycles. The number of rotatable bonds is 6. The Morgan fingerprint density at radius 1 is 1.07 bits per heavy atom. The van der Waals surface area contributed by atoms with Crippen LogP contribution < -0.4 is 4.74 Å². The molecule has 0 aliphatic carbocycles. The number of amides is 2. The zero-order valence-corrected chi connectivity index (χ0v) is 18.2. The number of carbonyl (C=O) groups is 4. The summed E-state index contributed by atoms with van der Waals surface area (Å²) in [6.45, 7) is 1.40. The molecular weight excluding hydrogens is 474 g/mol. The number of imide groups is 1. The highest BCUT2D eigenvalue weighted by Crippen LogP contribution is 2.32. The first-order valence-corrected chi connectivity index (χ1v) is 10.5. The Balaban J connectivity index is 1.66. The van der Waals surface area contributed by atoms with E-state index in [1.165, 1.54) is 6.08 Å². The third-order valence-electron chi connectivity index (χ3n) is 3.93. The molecule has 1 aliphatic heterocycles. The first-order valence-electron chi connectivity index (χ1n) is 8.86. The summed E-state index contributed by atoms with van der Waals surface area (Å²) in [5.41, 5.74) is 1.05. The fourth-order valence-electron chi connectivity index (χ4n) is 2.51. The third-order valence-corrected chi connectivity index (χ3v) is 5.37. The van der Waals surface area contributed by atoms with E-state index in [2.05, 4.69) is 15.9 Å². The van der Waals surface area contributed by atoms with Crippen LogP contribution in [0.2, 0.25) is 0 Å². The lowest BCUT2D eigenvalue weighted by Gasteiger charge is -2.10. The maximum Gasteiger partial charge on any atom is 0.343 e. The van der Waals surface area contributed by atoms with Gasteiger partial charge in [0.25, 0.3) is 11.1 Å². The second kappa shape index (κ2) is 9.73. The lowest BCUT2D eigenvalue weighted by atomic mass is 10.2. The monoisotopic (exact) mass is 489 g/mol. The van der Waals surface area contributed by atoms with Crippen LogP contribution in [0.5, 0.6) is 5.75 Å². The van der Waals surface area contributed by atoms with Crippen LogP contribution in [-0.4, -0.2) is 41.1 Å². The van der Waals surface area contributed by atoms with Crippen LogP contribution >= 0.6 is 27.7 Å². The lowest BCUT2D eigenvalue weighted by Crippen LogP contribution is -2.34. The van der Waals surface area contributed by atoms with E-state index >= 15 is 0 Å². The van der Waals surface area contributed by atoms with Crippen LogP contribution in [0.25, 0.3) is 6.08 Å². The molecule has 0 spiro atoms. The topological polar surface area (TPSA) is 90.0 Å². The quantitative estimate of drug-likeness (QED) is 0.340. The van der Waals surface area contributed by atoms with Gasteiger partial charge in [-0.2, -0.15) is 0 Å². The molecule has 1 fully saturated rings. The average molecular weight is 490 g/mol. The molecule has 0 N–H and O–H groups in total. The minimum Gasteiger partial charge on any atom is -0.465 e. The van der Waals surface area contributed by atoms with E-state index in [1.807, 2.05) is 0 Å². The summed E-state index contributed by atoms with van der Waals surface area (Å²) in [5.74, 6) is -1.34. The normalized spacial score (nSPS) is 14.9. The minimum absolute atomic E-state index is 0.170. The van der Waals surface area contributed by atoms with Gasteiger partial charge in [0, 0.05) is 4.47 Å². The Kier molecular flexibility index (Phi) is 7.07. The molecule has 2 aromatic rings. The number of benzene rings is 2. The van der Waals surface area contributed by atoms with E-state index in [0.717, 1.165) is 21.1 Å². The van der Waals surface area contributed by atoms with Crippen LogP contribution in [-0.2, 0) is 14.3 Å². The maximum atomic E-state index is 12.4. The molecule has 30 heavy (non-hydrogen) atoms. The van der Waals surface area contributed by atoms with Gasteiger partial charge in [-0.15, -0.1) is 0 Å². The van der Waals surface area contributed by atoms with Crippen molar-refractivity contribution < 1.29 is 28.7 Å². The molecule has 154 valence electrons. The van der Waals surface area contributed by atoms with Gasteiger partial charge in [0.15, 0.2) is 0 Å². The van der Waals surface area contributed by atoms with Crippen LogP contribution in [0.15, 0.2) is 57.9 Å². The molecule has 2 amide bonds. The predicted molar refractivity (Wildman–Crippen MR) is 115 cm³/mol. The van der Waals surface area contributed by atoms with Gasteiger partial charge < -0.3 is 9.47 Å². The summed E-state index contributed by atoms with van der Waals surface area (Å²) in [6, 6.07) is 13.3. The van der Waals surface area contributed by atoms with Gasteiger partial charge in [-0.3, -0.25) is 19.3 Å². The molecule has 7 nitrogen and oxygen atoms in total. The maximum absolute atomic E-state index is 12.4. The highest BCUT2D eigenvalue weighted by molar-refractivity contribution is 9.10. The Bertz CT molecular complexity index is 1020. The van der Waals surface area contributed by atoms with Gasteiger partial charge in [0.05, 0.1) is 17.1 Å². The van der Waals surface area contributed by atoms with Gasteiger partial charge in [0.2, 0.25) is 0 Å². The highest BCUT2D eigenvalue weighted by Gasteiger charge is 2.36. The summed E-state index contributed by atoms with van der Waals surface area (Å²) < 4.78 is 11.0. The van der Waals surface area contributed by atoms with Gasteiger partial charge >= 0.3 is 11.9 Å². The summed E-state index contributed by atoms with van der Waals surface area (Å²) >= 11 is 4.06. The van der Waals surface area contributed by atoms with Crippen molar-refractivity contribution in [1.82, 2.24) is 4.90 Å². The Labute approximate surface area is 185 Å². The Morgan fingerprint density at radius 3 is 2.37 bits per heavy atom. The zero-order chi connectivity index (χ0) is 21.7. The van der Waals surface area contributed by atoms with E-state index in [1.54, 1.807) is 55.5 Å². The SMILES string of the molecule is CCOC(=O)CN1C(=O)S/C(=C\c2ccc(OC(=O)c3ccc(Br)cc3)cc2)C1=O. The van der Waals surface area contributed by atoms with E-state index in [0.29, 0.717) is 16.9 Å². The van der Waals surface area contributed by atoms with E-state index < -0.39 is 29.6 Å². The highest BCUT2D eigenvalue weighted by atomic mass is 79.9. The Hall–Kier alpha value is -2.91. The van der Waals surface area contributed by atoms with Crippen molar-refractivity contribution in [2.45, 2.75) is 6.92 Å². The summed E-state index contributed by atoms with van der Waals surface area (Å²) in [6.07, 6.45) is 1.54. The smallest absolute Gasteiger partial charge is 0.343 e. The zero-order valence-electron chi connectivity index (χ0n) is 15.8. The molecular formula is C21H16BrNO6S. The molecule has 9 heteroatoms. The number of nitrogens with zero attached hydrogens (tertiary/aromatic N) is 1. The largest absolute Gasteiger partial charge is 0.465 e. The third kappa shape index (κ3) is 5.37. The van der Waals surface area contributed by atoms with Crippen LogP contribution in [0, 0.1) is 0 Å². The fraction of sp³-hybridized carbons (Fsp3) is 0.143. The number of esters is 2. The van der Waals surface area contributed by atoms with Crippen molar-refractivity contribution in [3.8, 4) is 5.75 Å². The van der Waals surface area contributed by atoms with Crippen LogP contribution in [0.1, 0.15) is 22.8 Å². The fourth-order valence-corrected chi connectivity index (χ4v) is 3.61.